The Kier molecular flexibility index (Phi) is 10.00. The second kappa shape index (κ2) is 12.7. The highest BCUT2D eigenvalue weighted by molar-refractivity contribution is 5.79. The Labute approximate surface area is 176 Å². The van der Waals surface area contributed by atoms with Crippen molar-refractivity contribution in [2.24, 2.45) is 10.9 Å². The maximum absolute atomic E-state index is 5.88. The van der Waals surface area contributed by atoms with E-state index in [4.69, 9.17) is 19.2 Å². The van der Waals surface area contributed by atoms with Gasteiger partial charge in [0.15, 0.2) is 5.96 Å². The zero-order valence-electron chi connectivity index (χ0n) is 18.4. The SMILES string of the molecule is CCNC(=NCC1(N2CCCC2)CCOCC1)NCCCOCC1CCOCC1. The van der Waals surface area contributed by atoms with Gasteiger partial charge in [-0.05, 0) is 70.9 Å². The lowest BCUT2D eigenvalue weighted by Crippen LogP contribution is -2.54. The van der Waals surface area contributed by atoms with Gasteiger partial charge in [-0.15, -0.1) is 0 Å². The Morgan fingerprint density at radius 1 is 1.07 bits per heavy atom. The molecule has 3 fully saturated rings. The van der Waals surface area contributed by atoms with Gasteiger partial charge in [0, 0.05) is 58.3 Å². The predicted octanol–water partition coefficient (Wildman–Crippen LogP) is 2.02. The van der Waals surface area contributed by atoms with E-state index >= 15 is 0 Å². The number of nitrogens with zero attached hydrogens (tertiary/aromatic N) is 2. The lowest BCUT2D eigenvalue weighted by atomic mass is 9.88. The molecule has 0 bridgehead atoms. The Balaban J connectivity index is 1.39. The van der Waals surface area contributed by atoms with Crippen LogP contribution in [-0.4, -0.2) is 88.8 Å². The van der Waals surface area contributed by atoms with Crippen LogP contribution in [0.4, 0.5) is 0 Å². The molecule has 0 spiro atoms. The molecule has 3 aliphatic heterocycles. The normalized spacial score (nSPS) is 24.0. The van der Waals surface area contributed by atoms with Gasteiger partial charge in [0.05, 0.1) is 6.54 Å². The standard InChI is InChI=1S/C22H42N4O3/c1-2-23-21(24-10-5-13-29-18-20-6-14-27-15-7-20)25-19-22(8-16-28-17-9-22)26-11-3-4-12-26/h20H,2-19H2,1H3,(H2,23,24,25). The third-order valence-corrected chi connectivity index (χ3v) is 6.53. The van der Waals surface area contributed by atoms with Crippen LogP contribution in [0, 0.1) is 5.92 Å². The van der Waals surface area contributed by atoms with Crippen LogP contribution in [0.5, 0.6) is 0 Å². The summed E-state index contributed by atoms with van der Waals surface area (Å²) in [6.07, 6.45) is 8.10. The fourth-order valence-corrected chi connectivity index (χ4v) is 4.63. The van der Waals surface area contributed by atoms with Gasteiger partial charge in [0.1, 0.15) is 0 Å². The number of guanidine groups is 1. The van der Waals surface area contributed by atoms with Gasteiger partial charge >= 0.3 is 0 Å². The van der Waals surface area contributed by atoms with Crippen LogP contribution in [0.15, 0.2) is 4.99 Å². The first kappa shape index (κ1) is 22.8. The van der Waals surface area contributed by atoms with E-state index in [-0.39, 0.29) is 5.54 Å². The molecular formula is C22H42N4O3. The first-order valence-electron chi connectivity index (χ1n) is 11.8. The lowest BCUT2D eigenvalue weighted by molar-refractivity contribution is -0.0139. The molecule has 0 aliphatic carbocycles. The predicted molar refractivity (Wildman–Crippen MR) is 117 cm³/mol. The van der Waals surface area contributed by atoms with Gasteiger partial charge in [-0.1, -0.05) is 0 Å². The molecule has 168 valence electrons. The van der Waals surface area contributed by atoms with Crippen molar-refractivity contribution < 1.29 is 14.2 Å². The summed E-state index contributed by atoms with van der Waals surface area (Å²) in [5.74, 6) is 1.61. The highest BCUT2D eigenvalue weighted by Gasteiger charge is 2.39. The van der Waals surface area contributed by atoms with E-state index in [1.54, 1.807) is 0 Å². The third kappa shape index (κ3) is 7.39. The summed E-state index contributed by atoms with van der Waals surface area (Å²) in [6, 6.07) is 0. The smallest absolute Gasteiger partial charge is 0.191 e. The van der Waals surface area contributed by atoms with Crippen LogP contribution >= 0.6 is 0 Å². The van der Waals surface area contributed by atoms with Crippen LogP contribution in [0.3, 0.4) is 0 Å². The minimum atomic E-state index is 0.184. The number of likely N-dealkylation sites (tertiary alicyclic amines) is 1. The van der Waals surface area contributed by atoms with Gasteiger partial charge in [-0.2, -0.15) is 0 Å². The van der Waals surface area contributed by atoms with Crippen molar-refractivity contribution in [2.75, 3.05) is 72.4 Å². The van der Waals surface area contributed by atoms with Gasteiger partial charge in [0.2, 0.25) is 0 Å². The Morgan fingerprint density at radius 3 is 2.52 bits per heavy atom. The zero-order valence-corrected chi connectivity index (χ0v) is 18.4. The average Bonchev–Trinajstić information content (AvgIpc) is 3.31. The first-order valence-corrected chi connectivity index (χ1v) is 11.8. The monoisotopic (exact) mass is 410 g/mol. The second-order valence-electron chi connectivity index (χ2n) is 8.64. The largest absolute Gasteiger partial charge is 0.381 e. The summed E-state index contributed by atoms with van der Waals surface area (Å²) in [5.41, 5.74) is 0.184. The average molecular weight is 411 g/mol. The van der Waals surface area contributed by atoms with E-state index in [2.05, 4.69) is 22.5 Å². The fourth-order valence-electron chi connectivity index (χ4n) is 4.63. The summed E-state index contributed by atoms with van der Waals surface area (Å²) in [4.78, 5) is 7.66. The molecule has 3 saturated heterocycles. The summed E-state index contributed by atoms with van der Waals surface area (Å²) in [7, 11) is 0. The molecule has 0 aromatic heterocycles. The van der Waals surface area contributed by atoms with Crippen molar-refractivity contribution in [1.82, 2.24) is 15.5 Å². The molecule has 3 aliphatic rings. The van der Waals surface area contributed by atoms with E-state index in [0.29, 0.717) is 5.92 Å². The van der Waals surface area contributed by atoms with Gasteiger partial charge in [-0.25, -0.2) is 0 Å². The van der Waals surface area contributed by atoms with Gasteiger partial charge in [-0.3, -0.25) is 9.89 Å². The molecule has 0 aromatic carbocycles. The molecule has 0 atom stereocenters. The molecule has 3 heterocycles. The van der Waals surface area contributed by atoms with Crippen molar-refractivity contribution in [2.45, 2.75) is 57.4 Å². The van der Waals surface area contributed by atoms with Gasteiger partial charge < -0.3 is 24.8 Å². The topological polar surface area (TPSA) is 67.4 Å². The minimum Gasteiger partial charge on any atom is -0.381 e. The summed E-state index contributed by atoms with van der Waals surface area (Å²) >= 11 is 0. The van der Waals surface area contributed by atoms with Crippen LogP contribution in [0.2, 0.25) is 0 Å². The summed E-state index contributed by atoms with van der Waals surface area (Å²) in [6.45, 7) is 12.4. The summed E-state index contributed by atoms with van der Waals surface area (Å²) in [5, 5.41) is 6.90. The second-order valence-corrected chi connectivity index (χ2v) is 8.64. The molecular weight excluding hydrogens is 368 g/mol. The maximum Gasteiger partial charge on any atom is 0.191 e. The van der Waals surface area contributed by atoms with Crippen molar-refractivity contribution in [3.05, 3.63) is 0 Å². The maximum atomic E-state index is 5.88. The number of ether oxygens (including phenoxy) is 3. The van der Waals surface area contributed by atoms with E-state index < -0.39 is 0 Å². The van der Waals surface area contributed by atoms with Gasteiger partial charge in [0.25, 0.3) is 0 Å². The van der Waals surface area contributed by atoms with Crippen LogP contribution in [0.25, 0.3) is 0 Å². The van der Waals surface area contributed by atoms with E-state index in [1.807, 2.05) is 0 Å². The lowest BCUT2D eigenvalue weighted by Gasteiger charge is -2.43. The first-order chi connectivity index (χ1) is 14.3. The molecule has 0 unspecified atom stereocenters. The number of aliphatic imine (C=N–C) groups is 1. The van der Waals surface area contributed by atoms with Crippen LogP contribution in [0.1, 0.15) is 51.9 Å². The van der Waals surface area contributed by atoms with E-state index in [1.165, 1.54) is 25.9 Å². The number of nitrogens with one attached hydrogen (secondary N) is 2. The molecule has 0 amide bonds. The Bertz CT molecular complexity index is 471. The quantitative estimate of drug-likeness (QED) is 0.326. The van der Waals surface area contributed by atoms with E-state index in [0.717, 1.165) is 97.3 Å². The van der Waals surface area contributed by atoms with Crippen LogP contribution in [-0.2, 0) is 14.2 Å². The molecule has 0 saturated carbocycles. The fraction of sp³-hybridized carbons (Fsp3) is 0.955. The molecule has 29 heavy (non-hydrogen) atoms. The Morgan fingerprint density at radius 2 is 1.79 bits per heavy atom. The van der Waals surface area contributed by atoms with Crippen molar-refractivity contribution >= 4 is 5.96 Å². The number of hydrogen-bond acceptors (Lipinski definition) is 5. The van der Waals surface area contributed by atoms with E-state index in [9.17, 15) is 0 Å². The highest BCUT2D eigenvalue weighted by Crippen LogP contribution is 2.31. The van der Waals surface area contributed by atoms with Crippen molar-refractivity contribution in [3.8, 4) is 0 Å². The number of rotatable bonds is 10. The zero-order chi connectivity index (χ0) is 20.2. The molecule has 2 N–H and O–H groups in total. The van der Waals surface area contributed by atoms with Crippen molar-refractivity contribution in [3.63, 3.8) is 0 Å². The molecule has 7 nitrogen and oxygen atoms in total. The molecule has 7 heteroatoms. The molecule has 0 radical (unpaired) electrons. The molecule has 3 rings (SSSR count). The number of hydrogen-bond donors (Lipinski definition) is 2. The Hall–Kier alpha value is -0.890. The summed E-state index contributed by atoms with van der Waals surface area (Å²) < 4.78 is 16.9. The third-order valence-electron chi connectivity index (χ3n) is 6.53. The van der Waals surface area contributed by atoms with Crippen LogP contribution < -0.4 is 10.6 Å². The highest BCUT2D eigenvalue weighted by atomic mass is 16.5. The van der Waals surface area contributed by atoms with Crippen molar-refractivity contribution in [1.29, 1.82) is 0 Å². The minimum absolute atomic E-state index is 0.184. The molecule has 0 aromatic rings.